The molecule has 1 aromatic heterocycles. The third-order valence-corrected chi connectivity index (χ3v) is 3.93. The number of carbonyl (C=O) groups excluding carboxylic acids is 1. The van der Waals surface area contributed by atoms with Crippen molar-refractivity contribution in [2.75, 3.05) is 13.2 Å². The van der Waals surface area contributed by atoms with Gasteiger partial charge in [-0.05, 0) is 50.8 Å². The number of amides is 1. The van der Waals surface area contributed by atoms with Gasteiger partial charge in [-0.3, -0.25) is 0 Å². The van der Waals surface area contributed by atoms with Gasteiger partial charge in [-0.1, -0.05) is 30.3 Å². The molecule has 1 amide bonds. The van der Waals surface area contributed by atoms with Gasteiger partial charge in [0.05, 0.1) is 6.26 Å². The molecule has 0 aliphatic heterocycles. The molecule has 2 rings (SSSR count). The molecule has 5 nitrogen and oxygen atoms in total. The summed E-state index contributed by atoms with van der Waals surface area (Å²) in [7, 11) is 0. The summed E-state index contributed by atoms with van der Waals surface area (Å²) in [6, 6.07) is 13.7. The Morgan fingerprint density at radius 2 is 1.88 bits per heavy atom. The number of furan rings is 1. The number of alkyl carbamates (subject to hydrolysis) is 1. The molecule has 0 saturated heterocycles. The summed E-state index contributed by atoms with van der Waals surface area (Å²) < 4.78 is 10.9. The van der Waals surface area contributed by atoms with Gasteiger partial charge in [-0.15, -0.1) is 0 Å². The molecule has 0 saturated carbocycles. The van der Waals surface area contributed by atoms with Gasteiger partial charge in [-0.25, -0.2) is 4.79 Å². The van der Waals surface area contributed by atoms with Crippen LogP contribution in [0.1, 0.15) is 50.4 Å². The van der Waals surface area contributed by atoms with Gasteiger partial charge in [0.25, 0.3) is 0 Å². The largest absolute Gasteiger partial charge is 0.469 e. The highest BCUT2D eigenvalue weighted by Crippen LogP contribution is 2.35. The van der Waals surface area contributed by atoms with Crippen molar-refractivity contribution >= 4 is 6.09 Å². The van der Waals surface area contributed by atoms with Crippen LogP contribution in [-0.2, 0) is 4.74 Å². The van der Waals surface area contributed by atoms with Gasteiger partial charge in [0, 0.05) is 19.1 Å². The lowest BCUT2D eigenvalue weighted by Crippen LogP contribution is -2.36. The fourth-order valence-electron chi connectivity index (χ4n) is 2.89. The Bertz CT molecular complexity index is 631. The van der Waals surface area contributed by atoms with Crippen molar-refractivity contribution in [2.45, 2.75) is 44.6 Å². The highest BCUT2D eigenvalue weighted by Gasteiger charge is 2.28. The minimum atomic E-state index is -0.547. The quantitative estimate of drug-likeness (QED) is 0.794. The highest BCUT2D eigenvalue weighted by molar-refractivity contribution is 5.67. The number of rotatable bonds is 7. The number of aliphatic hydroxyl groups excluding tert-OH is 1. The lowest BCUT2D eigenvalue weighted by molar-refractivity contribution is 0.0521. The minimum Gasteiger partial charge on any atom is -0.469 e. The maximum Gasteiger partial charge on any atom is 0.407 e. The second-order valence-corrected chi connectivity index (χ2v) is 7.03. The molecule has 0 unspecified atom stereocenters. The van der Waals surface area contributed by atoms with E-state index in [4.69, 9.17) is 9.15 Å². The smallest absolute Gasteiger partial charge is 0.407 e. The first-order valence-corrected chi connectivity index (χ1v) is 8.57. The maximum atomic E-state index is 12.0. The predicted molar refractivity (Wildman–Crippen MR) is 96.6 cm³/mol. The Balaban J connectivity index is 2.18. The minimum absolute atomic E-state index is 0.0206. The lowest BCUT2D eigenvalue weighted by Gasteiger charge is -2.27. The van der Waals surface area contributed by atoms with Crippen LogP contribution < -0.4 is 5.32 Å². The number of carbonyl (C=O) groups is 1. The van der Waals surface area contributed by atoms with Crippen LogP contribution in [0.4, 0.5) is 4.79 Å². The molecule has 0 aliphatic carbocycles. The monoisotopic (exact) mass is 345 g/mol. The summed E-state index contributed by atoms with van der Waals surface area (Å²) in [5.41, 5.74) is 0.553. The summed E-state index contributed by atoms with van der Waals surface area (Å²) in [5.74, 6) is 0.697. The molecule has 1 heterocycles. The molecule has 0 aliphatic rings. The fourth-order valence-corrected chi connectivity index (χ4v) is 2.89. The third kappa shape index (κ3) is 5.94. The molecule has 5 heteroatoms. The van der Waals surface area contributed by atoms with Crippen molar-refractivity contribution in [1.82, 2.24) is 5.32 Å². The van der Waals surface area contributed by atoms with Crippen molar-refractivity contribution in [2.24, 2.45) is 0 Å². The summed E-state index contributed by atoms with van der Waals surface area (Å²) in [6.45, 7) is 5.91. The topological polar surface area (TPSA) is 71.7 Å². The second-order valence-electron chi connectivity index (χ2n) is 7.03. The molecule has 0 spiro atoms. The van der Waals surface area contributed by atoms with E-state index in [1.807, 2.05) is 63.2 Å². The number of nitrogens with one attached hydrogen (secondary N) is 1. The molecule has 0 radical (unpaired) electrons. The van der Waals surface area contributed by atoms with Gasteiger partial charge in [0.2, 0.25) is 0 Å². The molecule has 2 atom stereocenters. The van der Waals surface area contributed by atoms with Crippen LogP contribution in [0.3, 0.4) is 0 Å². The van der Waals surface area contributed by atoms with E-state index in [0.29, 0.717) is 13.0 Å². The van der Waals surface area contributed by atoms with Crippen molar-refractivity contribution in [3.63, 3.8) is 0 Å². The van der Waals surface area contributed by atoms with E-state index in [-0.39, 0.29) is 18.4 Å². The Morgan fingerprint density at radius 1 is 1.16 bits per heavy atom. The van der Waals surface area contributed by atoms with E-state index in [0.717, 1.165) is 11.3 Å². The van der Waals surface area contributed by atoms with E-state index >= 15 is 0 Å². The second kappa shape index (κ2) is 8.72. The van der Waals surface area contributed by atoms with E-state index in [1.54, 1.807) is 6.26 Å². The number of hydrogen-bond acceptors (Lipinski definition) is 4. The van der Waals surface area contributed by atoms with Gasteiger partial charge >= 0.3 is 6.09 Å². The number of ether oxygens (including phenoxy) is 1. The van der Waals surface area contributed by atoms with Crippen molar-refractivity contribution in [3.8, 4) is 0 Å². The van der Waals surface area contributed by atoms with Crippen molar-refractivity contribution < 1.29 is 19.1 Å². The zero-order valence-electron chi connectivity index (χ0n) is 15.1. The van der Waals surface area contributed by atoms with E-state index < -0.39 is 11.7 Å². The molecule has 0 bridgehead atoms. The normalized spacial score (nSPS) is 13.9. The third-order valence-electron chi connectivity index (χ3n) is 3.93. The first-order valence-electron chi connectivity index (χ1n) is 8.57. The number of benzene rings is 1. The van der Waals surface area contributed by atoms with Gasteiger partial charge in [-0.2, -0.15) is 0 Å². The molecule has 1 aromatic carbocycles. The lowest BCUT2D eigenvalue weighted by atomic mass is 9.82. The number of hydrogen-bond donors (Lipinski definition) is 2. The Hall–Kier alpha value is -2.27. The maximum absolute atomic E-state index is 12.0. The summed E-state index contributed by atoms with van der Waals surface area (Å²) in [5, 5.41) is 12.4. The van der Waals surface area contributed by atoms with Crippen LogP contribution in [-0.4, -0.2) is 30.0 Å². The average molecular weight is 345 g/mol. The van der Waals surface area contributed by atoms with Gasteiger partial charge < -0.3 is 19.6 Å². The zero-order valence-corrected chi connectivity index (χ0v) is 15.1. The Morgan fingerprint density at radius 3 is 2.44 bits per heavy atom. The molecule has 2 aromatic rings. The Labute approximate surface area is 149 Å². The van der Waals surface area contributed by atoms with Crippen molar-refractivity contribution in [3.05, 3.63) is 60.1 Å². The molecule has 2 N–H and O–H groups in total. The standard InChI is InChI=1S/C20H27NO4/c1-20(2,3)25-19(23)21-14-17(18-10-7-13-24-18)16(11-12-22)15-8-5-4-6-9-15/h4-10,13,16-17,22H,11-12,14H2,1-3H3,(H,21,23)/t16-,17+/m0/s1. The van der Waals surface area contributed by atoms with E-state index in [1.165, 1.54) is 0 Å². The van der Waals surface area contributed by atoms with E-state index in [2.05, 4.69) is 5.32 Å². The predicted octanol–water partition coefficient (Wildman–Crippen LogP) is 4.05. The summed E-state index contributed by atoms with van der Waals surface area (Å²) >= 11 is 0. The van der Waals surface area contributed by atoms with E-state index in [9.17, 15) is 9.90 Å². The first kappa shape index (κ1) is 19.1. The van der Waals surface area contributed by atoms with Crippen LogP contribution in [0.5, 0.6) is 0 Å². The Kier molecular flexibility index (Phi) is 6.65. The highest BCUT2D eigenvalue weighted by atomic mass is 16.6. The molecule has 0 fully saturated rings. The van der Waals surface area contributed by atoms with Crippen LogP contribution in [0.2, 0.25) is 0 Å². The fraction of sp³-hybridized carbons (Fsp3) is 0.450. The SMILES string of the molecule is CC(C)(C)OC(=O)NC[C@@H](c1ccco1)[C@@H](CCO)c1ccccc1. The van der Waals surface area contributed by atoms with Gasteiger partial charge in [0.1, 0.15) is 11.4 Å². The molecule has 25 heavy (non-hydrogen) atoms. The molecular formula is C20H27NO4. The summed E-state index contributed by atoms with van der Waals surface area (Å²) in [4.78, 5) is 12.0. The van der Waals surface area contributed by atoms with Gasteiger partial charge in [0.15, 0.2) is 0 Å². The average Bonchev–Trinajstić information content (AvgIpc) is 3.07. The van der Waals surface area contributed by atoms with Crippen LogP contribution in [0.25, 0.3) is 0 Å². The number of aliphatic hydroxyl groups is 1. The summed E-state index contributed by atoms with van der Waals surface area (Å²) in [6.07, 6.45) is 1.74. The zero-order chi connectivity index (χ0) is 18.3. The molecule has 136 valence electrons. The molecular weight excluding hydrogens is 318 g/mol. The van der Waals surface area contributed by atoms with Crippen molar-refractivity contribution in [1.29, 1.82) is 0 Å². The first-order chi connectivity index (χ1) is 11.9. The van der Waals surface area contributed by atoms with Crippen LogP contribution in [0, 0.1) is 0 Å². The van der Waals surface area contributed by atoms with Crippen LogP contribution >= 0.6 is 0 Å². The van der Waals surface area contributed by atoms with Crippen LogP contribution in [0.15, 0.2) is 53.1 Å².